The Hall–Kier alpha value is -2.88. The molecule has 0 spiro atoms. The third kappa shape index (κ3) is 2.92. The highest BCUT2D eigenvalue weighted by Crippen LogP contribution is 2.24. The van der Waals surface area contributed by atoms with Crippen LogP contribution >= 0.6 is 0 Å². The monoisotopic (exact) mass is 346 g/mol. The van der Waals surface area contributed by atoms with Gasteiger partial charge >= 0.3 is 0 Å². The van der Waals surface area contributed by atoms with Gasteiger partial charge in [-0.15, -0.1) is 0 Å². The van der Waals surface area contributed by atoms with E-state index in [4.69, 9.17) is 0 Å². The first-order valence-corrected chi connectivity index (χ1v) is 9.22. The number of rotatable bonds is 5. The number of hydrogen-bond donors (Lipinski definition) is 1. The lowest BCUT2D eigenvalue weighted by Crippen LogP contribution is -2.23. The second kappa shape index (κ2) is 6.79. The van der Waals surface area contributed by atoms with Gasteiger partial charge in [0, 0.05) is 23.8 Å². The largest absolute Gasteiger partial charge is 0.346 e. The molecule has 132 valence electrons. The average Bonchev–Trinajstić information content (AvgIpc) is 3.08. The van der Waals surface area contributed by atoms with Gasteiger partial charge in [0.2, 0.25) is 5.43 Å². The number of nitrogens with one attached hydrogen (secondary N) is 1. The summed E-state index contributed by atoms with van der Waals surface area (Å²) >= 11 is 0. The van der Waals surface area contributed by atoms with E-state index in [1.165, 1.54) is 11.1 Å². The molecule has 0 unspecified atom stereocenters. The molecule has 1 aliphatic rings. The van der Waals surface area contributed by atoms with Crippen LogP contribution in [-0.4, -0.2) is 10.5 Å². The second-order valence-corrected chi connectivity index (χ2v) is 6.88. The molecule has 1 amide bonds. The highest BCUT2D eigenvalue weighted by Gasteiger charge is 2.20. The molecule has 0 bridgehead atoms. The summed E-state index contributed by atoms with van der Waals surface area (Å²) in [6.07, 6.45) is 5.97. The number of hydrogen-bond acceptors (Lipinski definition) is 2. The number of aryl methyl sites for hydroxylation is 3. The van der Waals surface area contributed by atoms with Crippen LogP contribution in [0.5, 0.6) is 0 Å². The number of carbonyl (C=O) groups excluding carboxylic acids is 1. The van der Waals surface area contributed by atoms with Crippen LogP contribution in [0.4, 0.5) is 5.69 Å². The van der Waals surface area contributed by atoms with Crippen LogP contribution in [-0.2, 0) is 19.4 Å². The average molecular weight is 346 g/mol. The molecule has 4 heteroatoms. The number of carbonyl (C=O) groups is 1. The normalized spacial score (nSPS) is 12.5. The number of anilines is 1. The lowest BCUT2D eigenvalue weighted by molar-refractivity contribution is 0.102. The van der Waals surface area contributed by atoms with Crippen molar-refractivity contribution in [2.75, 3.05) is 5.32 Å². The number of aromatic nitrogens is 1. The fraction of sp³-hybridized carbons (Fsp3) is 0.273. The van der Waals surface area contributed by atoms with Gasteiger partial charge < -0.3 is 9.88 Å². The van der Waals surface area contributed by atoms with E-state index < -0.39 is 0 Å². The molecule has 2 heterocycles. The quantitative estimate of drug-likeness (QED) is 0.754. The molecule has 1 aliphatic heterocycles. The highest BCUT2D eigenvalue weighted by molar-refractivity contribution is 6.06. The maximum atomic E-state index is 12.8. The topological polar surface area (TPSA) is 51.1 Å². The Morgan fingerprint density at radius 2 is 1.96 bits per heavy atom. The predicted octanol–water partition coefficient (Wildman–Crippen LogP) is 4.15. The Balaban J connectivity index is 1.62. The minimum atomic E-state index is -0.348. The van der Waals surface area contributed by atoms with E-state index in [1.54, 1.807) is 6.20 Å². The van der Waals surface area contributed by atoms with Gasteiger partial charge in [0.05, 0.1) is 5.52 Å². The molecule has 0 fully saturated rings. The number of amides is 1. The van der Waals surface area contributed by atoms with Crippen LogP contribution in [0.15, 0.2) is 53.5 Å². The fourth-order valence-corrected chi connectivity index (χ4v) is 3.65. The van der Waals surface area contributed by atoms with Crippen molar-refractivity contribution in [1.29, 1.82) is 0 Å². The summed E-state index contributed by atoms with van der Waals surface area (Å²) in [5.74, 6) is -0.348. The molecular weight excluding hydrogens is 324 g/mol. The van der Waals surface area contributed by atoms with Gasteiger partial charge in [0.15, 0.2) is 0 Å². The Morgan fingerprint density at radius 1 is 1.15 bits per heavy atom. The Morgan fingerprint density at radius 3 is 2.73 bits per heavy atom. The van der Waals surface area contributed by atoms with Crippen LogP contribution in [0.3, 0.4) is 0 Å². The lowest BCUT2D eigenvalue weighted by Gasteiger charge is -2.10. The maximum absolute atomic E-state index is 12.8. The van der Waals surface area contributed by atoms with Crippen LogP contribution in [0.2, 0.25) is 0 Å². The molecule has 26 heavy (non-hydrogen) atoms. The molecule has 0 saturated carbocycles. The van der Waals surface area contributed by atoms with Gasteiger partial charge in [-0.2, -0.15) is 0 Å². The molecule has 1 aromatic heterocycles. The van der Waals surface area contributed by atoms with Crippen molar-refractivity contribution in [2.45, 2.75) is 39.2 Å². The first-order chi connectivity index (χ1) is 12.7. The van der Waals surface area contributed by atoms with Crippen LogP contribution < -0.4 is 10.7 Å². The van der Waals surface area contributed by atoms with E-state index in [2.05, 4.69) is 12.2 Å². The van der Waals surface area contributed by atoms with Crippen molar-refractivity contribution in [3.8, 4) is 0 Å². The molecule has 0 saturated heterocycles. The molecule has 3 aromatic rings. The number of unbranched alkanes of at least 4 members (excludes halogenated alkanes) is 1. The Labute approximate surface area is 152 Å². The second-order valence-electron chi connectivity index (χ2n) is 6.88. The third-order valence-electron chi connectivity index (χ3n) is 5.08. The van der Waals surface area contributed by atoms with E-state index >= 15 is 0 Å². The summed E-state index contributed by atoms with van der Waals surface area (Å²) in [5.41, 5.74) is 4.12. The molecule has 0 atom stereocenters. The van der Waals surface area contributed by atoms with Gasteiger partial charge in [-0.3, -0.25) is 9.59 Å². The van der Waals surface area contributed by atoms with Crippen molar-refractivity contribution in [2.24, 2.45) is 0 Å². The zero-order chi connectivity index (χ0) is 18.1. The maximum Gasteiger partial charge on any atom is 0.261 e. The lowest BCUT2D eigenvalue weighted by atomic mass is 10.1. The zero-order valence-corrected chi connectivity index (χ0v) is 14.9. The Bertz CT molecular complexity index is 1030. The number of nitrogens with zero attached hydrogens (tertiary/aromatic N) is 1. The van der Waals surface area contributed by atoms with Crippen molar-refractivity contribution in [1.82, 2.24) is 4.57 Å². The third-order valence-corrected chi connectivity index (χ3v) is 5.08. The first-order valence-electron chi connectivity index (χ1n) is 9.22. The van der Waals surface area contributed by atoms with E-state index in [0.717, 1.165) is 37.7 Å². The van der Waals surface area contributed by atoms with Crippen molar-refractivity contribution < 1.29 is 4.79 Å². The summed E-state index contributed by atoms with van der Waals surface area (Å²) < 4.78 is 2.02. The molecular formula is C22H22N2O2. The SMILES string of the molecule is CCCCc1ccc(NC(=O)c2cn3c4c(cccc4c2=O)CC3)cc1. The van der Waals surface area contributed by atoms with E-state index in [9.17, 15) is 9.59 Å². The number of benzene rings is 2. The van der Waals surface area contributed by atoms with Gasteiger partial charge in [0.25, 0.3) is 5.91 Å². The molecule has 0 aliphatic carbocycles. The van der Waals surface area contributed by atoms with Crippen LogP contribution in [0.25, 0.3) is 10.9 Å². The van der Waals surface area contributed by atoms with Gasteiger partial charge in [-0.25, -0.2) is 0 Å². The highest BCUT2D eigenvalue weighted by atomic mass is 16.2. The van der Waals surface area contributed by atoms with Gasteiger partial charge in [0.1, 0.15) is 5.56 Å². The van der Waals surface area contributed by atoms with Gasteiger partial charge in [-0.1, -0.05) is 37.6 Å². The molecule has 4 rings (SSSR count). The zero-order valence-electron chi connectivity index (χ0n) is 14.9. The van der Waals surface area contributed by atoms with E-state index in [-0.39, 0.29) is 16.9 Å². The van der Waals surface area contributed by atoms with Crippen LogP contribution in [0, 0.1) is 0 Å². The van der Waals surface area contributed by atoms with E-state index in [1.807, 2.05) is 47.0 Å². The standard InChI is InChI=1S/C22H22N2O2/c1-2-3-5-15-8-10-17(11-9-15)23-22(26)19-14-24-13-12-16-6-4-7-18(20(16)24)21(19)25/h4,6-11,14H,2-3,5,12-13H2,1H3,(H,23,26). The summed E-state index contributed by atoms with van der Waals surface area (Å²) in [6.45, 7) is 2.98. The van der Waals surface area contributed by atoms with Crippen molar-refractivity contribution in [3.63, 3.8) is 0 Å². The smallest absolute Gasteiger partial charge is 0.261 e. The molecule has 4 nitrogen and oxygen atoms in total. The fourth-order valence-electron chi connectivity index (χ4n) is 3.65. The molecule has 2 aromatic carbocycles. The number of pyridine rings is 1. The summed E-state index contributed by atoms with van der Waals surface area (Å²) in [6, 6.07) is 13.6. The van der Waals surface area contributed by atoms with Crippen molar-refractivity contribution >= 4 is 22.5 Å². The van der Waals surface area contributed by atoms with E-state index in [0.29, 0.717) is 11.1 Å². The summed E-state index contributed by atoms with van der Waals surface area (Å²) in [4.78, 5) is 25.5. The summed E-state index contributed by atoms with van der Waals surface area (Å²) in [5, 5.41) is 3.49. The van der Waals surface area contributed by atoms with Crippen molar-refractivity contribution in [3.05, 3.63) is 75.6 Å². The van der Waals surface area contributed by atoms with Gasteiger partial charge in [-0.05, 0) is 48.6 Å². The van der Waals surface area contributed by atoms with Crippen LogP contribution in [0.1, 0.15) is 41.3 Å². The minimum absolute atomic E-state index is 0.197. The first kappa shape index (κ1) is 16.6. The summed E-state index contributed by atoms with van der Waals surface area (Å²) in [7, 11) is 0. The Kier molecular flexibility index (Phi) is 4.33. The predicted molar refractivity (Wildman–Crippen MR) is 105 cm³/mol. The minimum Gasteiger partial charge on any atom is -0.346 e. The number of para-hydroxylation sites is 1. The molecule has 1 N–H and O–H groups in total. The molecule has 0 radical (unpaired) electrons.